The van der Waals surface area contributed by atoms with Crippen molar-refractivity contribution in [2.24, 2.45) is 11.8 Å². The van der Waals surface area contributed by atoms with E-state index in [4.69, 9.17) is 9.47 Å². The van der Waals surface area contributed by atoms with Crippen molar-refractivity contribution >= 4 is 17.7 Å². The molecule has 256 valence electrons. The van der Waals surface area contributed by atoms with Crippen LogP contribution in [0.5, 0.6) is 0 Å². The molecule has 1 saturated carbocycles. The van der Waals surface area contributed by atoms with Gasteiger partial charge < -0.3 is 29.9 Å². The number of unbranched alkanes of at least 4 members (excludes halogenated alkanes) is 11. The van der Waals surface area contributed by atoms with Crippen molar-refractivity contribution in [1.29, 1.82) is 0 Å². The molecule has 0 heterocycles. The number of ether oxygens (including phenoxy) is 2. The average molecular weight is 627 g/mol. The minimum Gasteiger partial charge on any atom is -0.462 e. The molecular formula is C35H62O9. The normalized spacial score (nSPS) is 21.4. The predicted octanol–water partition coefficient (Wildman–Crippen LogP) is 5.73. The lowest BCUT2D eigenvalue weighted by molar-refractivity contribution is -0.161. The van der Waals surface area contributed by atoms with Crippen LogP contribution < -0.4 is 0 Å². The second kappa shape index (κ2) is 25.4. The van der Waals surface area contributed by atoms with Gasteiger partial charge >= 0.3 is 11.9 Å². The maximum Gasteiger partial charge on any atom is 0.306 e. The molecule has 0 bridgehead atoms. The standard InChI is InChI=1S/C35H62O9/c1-3-5-7-8-9-10-11-12-14-19-34(41)43-26-29(25-36)44-35(42)20-16-15-18-28(38)23-31-30(32(39)24-33(31)40)22-21-27(37)17-13-6-4-2/h21-22,27,29-33,36-37,39-40H,3-20,23-26H2,1-2H3/b22-21+/t27-,29-,30+,31+,32+,33-/m0/s1. The zero-order valence-electron chi connectivity index (χ0n) is 27.5. The van der Waals surface area contributed by atoms with E-state index in [1.807, 2.05) is 0 Å². The van der Waals surface area contributed by atoms with Crippen molar-refractivity contribution in [3.8, 4) is 0 Å². The predicted molar refractivity (Wildman–Crippen MR) is 171 cm³/mol. The summed E-state index contributed by atoms with van der Waals surface area (Å²) in [5.74, 6) is -1.73. The van der Waals surface area contributed by atoms with Crippen LogP contribution in [0.3, 0.4) is 0 Å². The highest BCUT2D eigenvalue weighted by atomic mass is 16.6. The quantitative estimate of drug-likeness (QED) is 0.0509. The topological polar surface area (TPSA) is 151 Å². The zero-order chi connectivity index (χ0) is 32.6. The van der Waals surface area contributed by atoms with Crippen molar-refractivity contribution < 1.29 is 44.3 Å². The van der Waals surface area contributed by atoms with Crippen LogP contribution in [0.25, 0.3) is 0 Å². The van der Waals surface area contributed by atoms with Crippen LogP contribution in [-0.2, 0) is 23.9 Å². The van der Waals surface area contributed by atoms with Gasteiger partial charge in [0.25, 0.3) is 0 Å². The summed E-state index contributed by atoms with van der Waals surface area (Å²) in [5.41, 5.74) is 0. The minimum atomic E-state index is -0.915. The Morgan fingerprint density at radius 3 is 2.00 bits per heavy atom. The van der Waals surface area contributed by atoms with Gasteiger partial charge in [-0.1, -0.05) is 96.6 Å². The summed E-state index contributed by atoms with van der Waals surface area (Å²) >= 11 is 0. The molecule has 1 aliphatic rings. The Morgan fingerprint density at radius 2 is 1.34 bits per heavy atom. The number of esters is 2. The summed E-state index contributed by atoms with van der Waals surface area (Å²) in [4.78, 5) is 36.9. The highest BCUT2D eigenvalue weighted by Gasteiger charge is 2.41. The molecule has 6 atom stereocenters. The lowest BCUT2D eigenvalue weighted by atomic mass is 9.87. The smallest absolute Gasteiger partial charge is 0.306 e. The molecule has 0 amide bonds. The number of aliphatic hydroxyl groups is 4. The first-order chi connectivity index (χ1) is 21.2. The average Bonchev–Trinajstić information content (AvgIpc) is 3.26. The molecule has 0 aliphatic heterocycles. The minimum absolute atomic E-state index is 0.0504. The molecule has 0 aromatic carbocycles. The number of carbonyl (C=O) groups is 3. The van der Waals surface area contributed by atoms with Crippen molar-refractivity contribution in [3.05, 3.63) is 12.2 Å². The molecule has 0 unspecified atom stereocenters. The SMILES string of the molecule is CCCCCCCCCCCC(=O)OC[C@H](CO)OC(=O)CCCCC(=O)C[C@@H]1[C@@H](/C=C/[C@@H](O)CCCCC)[C@H](O)C[C@@H]1O. The zero-order valence-corrected chi connectivity index (χ0v) is 27.5. The van der Waals surface area contributed by atoms with E-state index in [1.165, 1.54) is 38.5 Å². The molecule has 1 rings (SSSR count). The van der Waals surface area contributed by atoms with Crippen LogP contribution in [0.2, 0.25) is 0 Å². The van der Waals surface area contributed by atoms with Gasteiger partial charge in [-0.3, -0.25) is 14.4 Å². The van der Waals surface area contributed by atoms with Crippen LogP contribution in [0.4, 0.5) is 0 Å². The van der Waals surface area contributed by atoms with Crippen LogP contribution in [0, 0.1) is 11.8 Å². The highest BCUT2D eigenvalue weighted by molar-refractivity contribution is 5.79. The van der Waals surface area contributed by atoms with Gasteiger partial charge in [0.05, 0.1) is 24.9 Å². The third kappa shape index (κ3) is 18.9. The second-order valence-corrected chi connectivity index (χ2v) is 12.6. The molecule has 4 N–H and O–H groups in total. The van der Waals surface area contributed by atoms with Gasteiger partial charge in [-0.2, -0.15) is 0 Å². The lowest BCUT2D eigenvalue weighted by Crippen LogP contribution is -2.28. The van der Waals surface area contributed by atoms with E-state index in [1.54, 1.807) is 12.2 Å². The molecular weight excluding hydrogens is 564 g/mol. The number of aliphatic hydroxyl groups excluding tert-OH is 4. The van der Waals surface area contributed by atoms with Gasteiger partial charge in [-0.05, 0) is 25.7 Å². The second-order valence-electron chi connectivity index (χ2n) is 12.6. The van der Waals surface area contributed by atoms with Crippen LogP contribution in [0.1, 0.15) is 142 Å². The highest BCUT2D eigenvalue weighted by Crippen LogP contribution is 2.36. The van der Waals surface area contributed by atoms with Gasteiger partial charge in [0.1, 0.15) is 12.4 Å². The van der Waals surface area contributed by atoms with E-state index in [9.17, 15) is 34.8 Å². The van der Waals surface area contributed by atoms with E-state index in [0.29, 0.717) is 25.7 Å². The number of hydrogen-bond donors (Lipinski definition) is 4. The Balaban J connectivity index is 2.24. The molecule has 9 nitrogen and oxygen atoms in total. The molecule has 44 heavy (non-hydrogen) atoms. The van der Waals surface area contributed by atoms with Crippen molar-refractivity contribution in [2.75, 3.05) is 13.2 Å². The Kier molecular flexibility index (Phi) is 23.2. The largest absolute Gasteiger partial charge is 0.462 e. The molecule has 1 fully saturated rings. The van der Waals surface area contributed by atoms with Gasteiger partial charge in [0.15, 0.2) is 6.10 Å². The van der Waals surface area contributed by atoms with Crippen molar-refractivity contribution in [2.45, 2.75) is 167 Å². The monoisotopic (exact) mass is 626 g/mol. The summed E-state index contributed by atoms with van der Waals surface area (Å²) in [7, 11) is 0. The van der Waals surface area contributed by atoms with E-state index in [0.717, 1.165) is 38.5 Å². The van der Waals surface area contributed by atoms with Crippen LogP contribution in [-0.4, -0.2) is 75.8 Å². The summed E-state index contributed by atoms with van der Waals surface area (Å²) in [6.45, 7) is 3.67. The third-order valence-corrected chi connectivity index (χ3v) is 8.54. The number of ketones is 1. The van der Waals surface area contributed by atoms with Crippen molar-refractivity contribution in [1.82, 2.24) is 0 Å². The molecule has 0 aromatic heterocycles. The summed E-state index contributed by atoms with van der Waals surface area (Å²) < 4.78 is 10.4. The van der Waals surface area contributed by atoms with Gasteiger partial charge in [-0.25, -0.2) is 0 Å². The number of Topliss-reactive ketones (excluding diaryl/α,β-unsaturated/α-hetero) is 1. The van der Waals surface area contributed by atoms with Crippen LogP contribution in [0.15, 0.2) is 12.2 Å². The Bertz CT molecular complexity index is 799. The summed E-state index contributed by atoms with van der Waals surface area (Å²) in [5, 5.41) is 40.5. The third-order valence-electron chi connectivity index (χ3n) is 8.54. The molecule has 0 radical (unpaired) electrons. The molecule has 0 spiro atoms. The van der Waals surface area contributed by atoms with Crippen LogP contribution >= 0.6 is 0 Å². The lowest BCUT2D eigenvalue weighted by Gasteiger charge is -2.20. The molecule has 1 aliphatic carbocycles. The summed E-state index contributed by atoms with van der Waals surface area (Å²) in [6.07, 6.45) is 16.2. The Morgan fingerprint density at radius 1 is 0.773 bits per heavy atom. The fourth-order valence-corrected chi connectivity index (χ4v) is 5.78. The van der Waals surface area contributed by atoms with E-state index >= 15 is 0 Å². The van der Waals surface area contributed by atoms with Gasteiger partial charge in [-0.15, -0.1) is 0 Å². The number of carbonyl (C=O) groups excluding carboxylic acids is 3. The first-order valence-electron chi connectivity index (χ1n) is 17.4. The van der Waals surface area contributed by atoms with Crippen molar-refractivity contribution in [3.63, 3.8) is 0 Å². The van der Waals surface area contributed by atoms with E-state index < -0.39 is 42.9 Å². The number of rotatable bonds is 27. The van der Waals surface area contributed by atoms with Gasteiger partial charge in [0, 0.05) is 43.9 Å². The van der Waals surface area contributed by atoms with Gasteiger partial charge in [0.2, 0.25) is 0 Å². The maximum atomic E-state index is 12.6. The first-order valence-corrected chi connectivity index (χ1v) is 17.4. The molecule has 0 aromatic rings. The fourth-order valence-electron chi connectivity index (χ4n) is 5.78. The Labute approximate surface area is 265 Å². The first kappa shape index (κ1) is 40.2. The molecule has 9 heteroatoms. The van der Waals surface area contributed by atoms with E-state index in [-0.39, 0.29) is 50.0 Å². The Hall–Kier alpha value is -1.81. The summed E-state index contributed by atoms with van der Waals surface area (Å²) in [6, 6.07) is 0. The molecule has 0 saturated heterocycles. The number of hydrogen-bond acceptors (Lipinski definition) is 9. The van der Waals surface area contributed by atoms with E-state index in [2.05, 4.69) is 13.8 Å². The maximum absolute atomic E-state index is 12.6. The fraction of sp³-hybridized carbons (Fsp3) is 0.857.